The number of aryl methyl sites for hydroxylation is 1. The van der Waals surface area contributed by atoms with E-state index in [-0.39, 0.29) is 30.0 Å². The SMILES string of the molecule is Cc1cnn(CC(=O)N2CCC[C@]3(C[C@@H](Oc4ccc(F)cc4)CO3)C2)c1. The summed E-state index contributed by atoms with van der Waals surface area (Å²) in [6.45, 7) is 4.01. The number of piperidine rings is 1. The Bertz CT molecular complexity index is 807. The molecule has 0 aliphatic carbocycles. The Kier molecular flexibility index (Phi) is 4.86. The van der Waals surface area contributed by atoms with E-state index in [2.05, 4.69) is 5.10 Å². The summed E-state index contributed by atoms with van der Waals surface area (Å²) in [4.78, 5) is 14.5. The van der Waals surface area contributed by atoms with Crippen LogP contribution in [0.15, 0.2) is 36.7 Å². The van der Waals surface area contributed by atoms with Gasteiger partial charge in [0.05, 0.1) is 18.4 Å². The van der Waals surface area contributed by atoms with Crippen molar-refractivity contribution in [2.75, 3.05) is 19.7 Å². The van der Waals surface area contributed by atoms with Gasteiger partial charge in [0.2, 0.25) is 5.91 Å². The van der Waals surface area contributed by atoms with Crippen LogP contribution in [-0.2, 0) is 16.1 Å². The Morgan fingerprint density at radius 1 is 1.41 bits per heavy atom. The summed E-state index contributed by atoms with van der Waals surface area (Å²) in [6.07, 6.45) is 6.10. The fourth-order valence-electron chi connectivity index (χ4n) is 3.97. The first-order valence-corrected chi connectivity index (χ1v) is 9.34. The average Bonchev–Trinajstić information content (AvgIpc) is 3.23. The van der Waals surface area contributed by atoms with Crippen LogP contribution in [0.1, 0.15) is 24.8 Å². The van der Waals surface area contributed by atoms with E-state index in [4.69, 9.17) is 9.47 Å². The lowest BCUT2D eigenvalue weighted by atomic mass is 9.89. The number of nitrogens with zero attached hydrogens (tertiary/aromatic N) is 3. The van der Waals surface area contributed by atoms with Gasteiger partial charge in [-0.25, -0.2) is 4.39 Å². The van der Waals surface area contributed by atoms with Gasteiger partial charge in [-0.3, -0.25) is 9.48 Å². The topological polar surface area (TPSA) is 56.6 Å². The minimum absolute atomic E-state index is 0.0590. The van der Waals surface area contributed by atoms with Gasteiger partial charge in [0.15, 0.2) is 0 Å². The minimum Gasteiger partial charge on any atom is -0.488 e. The van der Waals surface area contributed by atoms with Gasteiger partial charge >= 0.3 is 0 Å². The summed E-state index contributed by atoms with van der Waals surface area (Å²) in [5.74, 6) is 0.416. The molecule has 4 rings (SSSR count). The lowest BCUT2D eigenvalue weighted by molar-refractivity contribution is -0.140. The molecule has 7 heteroatoms. The second-order valence-corrected chi connectivity index (χ2v) is 7.53. The second kappa shape index (κ2) is 7.31. The van der Waals surface area contributed by atoms with Crippen LogP contribution in [0.5, 0.6) is 5.75 Å². The van der Waals surface area contributed by atoms with E-state index in [0.717, 1.165) is 31.4 Å². The first-order chi connectivity index (χ1) is 13.0. The van der Waals surface area contributed by atoms with E-state index in [1.165, 1.54) is 12.1 Å². The molecule has 2 aliphatic rings. The molecule has 2 fully saturated rings. The molecule has 2 aliphatic heterocycles. The quantitative estimate of drug-likeness (QED) is 0.827. The van der Waals surface area contributed by atoms with Crippen molar-refractivity contribution in [3.63, 3.8) is 0 Å². The van der Waals surface area contributed by atoms with Crippen LogP contribution in [-0.4, -0.2) is 52.0 Å². The summed E-state index contributed by atoms with van der Waals surface area (Å²) < 4.78 is 26.8. The van der Waals surface area contributed by atoms with Crippen molar-refractivity contribution in [3.8, 4) is 5.75 Å². The number of carbonyl (C=O) groups excluding carboxylic acids is 1. The van der Waals surface area contributed by atoms with Gasteiger partial charge < -0.3 is 14.4 Å². The molecule has 1 aromatic carbocycles. The zero-order valence-electron chi connectivity index (χ0n) is 15.4. The van der Waals surface area contributed by atoms with Crippen molar-refractivity contribution >= 4 is 5.91 Å². The van der Waals surface area contributed by atoms with Gasteiger partial charge in [-0.15, -0.1) is 0 Å². The van der Waals surface area contributed by atoms with Crippen LogP contribution in [0.2, 0.25) is 0 Å². The molecule has 0 saturated carbocycles. The maximum atomic E-state index is 13.0. The summed E-state index contributed by atoms with van der Waals surface area (Å²) in [5, 5.41) is 4.20. The second-order valence-electron chi connectivity index (χ2n) is 7.53. The molecular formula is C20H24FN3O3. The Balaban J connectivity index is 1.36. The zero-order chi connectivity index (χ0) is 18.9. The molecule has 1 aromatic heterocycles. The molecule has 1 amide bonds. The lowest BCUT2D eigenvalue weighted by Crippen LogP contribution is -2.51. The highest BCUT2D eigenvalue weighted by molar-refractivity contribution is 5.76. The number of hydrogen-bond acceptors (Lipinski definition) is 4. The van der Waals surface area contributed by atoms with E-state index in [1.807, 2.05) is 18.0 Å². The first kappa shape index (κ1) is 18.0. The summed E-state index contributed by atoms with van der Waals surface area (Å²) in [7, 11) is 0. The standard InChI is InChI=1S/C20H24FN3O3/c1-15-10-22-24(11-15)12-19(25)23-8-2-7-20(14-23)9-18(13-26-20)27-17-5-3-16(21)4-6-17/h3-6,10-11,18H,2,7-9,12-14H2,1H3/t18-,20+/m1/s1. The number of benzene rings is 1. The molecular weight excluding hydrogens is 349 g/mol. The van der Waals surface area contributed by atoms with E-state index in [9.17, 15) is 9.18 Å². The van der Waals surface area contributed by atoms with Crippen molar-refractivity contribution in [1.29, 1.82) is 0 Å². The predicted octanol–water partition coefficient (Wildman–Crippen LogP) is 2.56. The third-order valence-corrected chi connectivity index (χ3v) is 5.24. The van der Waals surface area contributed by atoms with Crippen molar-refractivity contribution in [3.05, 3.63) is 48.0 Å². The van der Waals surface area contributed by atoms with E-state index in [1.54, 1.807) is 23.0 Å². The Labute approximate surface area is 157 Å². The summed E-state index contributed by atoms with van der Waals surface area (Å²) in [6, 6.07) is 6.03. The minimum atomic E-state index is -0.349. The molecule has 144 valence electrons. The number of hydrogen-bond donors (Lipinski definition) is 0. The molecule has 0 bridgehead atoms. The van der Waals surface area contributed by atoms with Crippen LogP contribution >= 0.6 is 0 Å². The van der Waals surface area contributed by atoms with Gasteiger partial charge in [0, 0.05) is 25.7 Å². The zero-order valence-corrected chi connectivity index (χ0v) is 15.4. The van der Waals surface area contributed by atoms with Crippen molar-refractivity contribution in [1.82, 2.24) is 14.7 Å². The fourth-order valence-corrected chi connectivity index (χ4v) is 3.97. The van der Waals surface area contributed by atoms with Crippen LogP contribution in [0, 0.1) is 12.7 Å². The van der Waals surface area contributed by atoms with Crippen LogP contribution in [0.4, 0.5) is 4.39 Å². The van der Waals surface area contributed by atoms with E-state index >= 15 is 0 Å². The van der Waals surface area contributed by atoms with E-state index in [0.29, 0.717) is 18.9 Å². The van der Waals surface area contributed by atoms with Crippen molar-refractivity contribution < 1.29 is 18.7 Å². The monoisotopic (exact) mass is 373 g/mol. The van der Waals surface area contributed by atoms with E-state index < -0.39 is 0 Å². The first-order valence-electron chi connectivity index (χ1n) is 9.34. The molecule has 2 saturated heterocycles. The van der Waals surface area contributed by atoms with Gasteiger partial charge in [-0.1, -0.05) is 0 Å². The number of rotatable bonds is 4. The number of ether oxygens (including phenoxy) is 2. The molecule has 0 unspecified atom stereocenters. The number of amides is 1. The van der Waals surface area contributed by atoms with Crippen molar-refractivity contribution in [2.24, 2.45) is 0 Å². The summed E-state index contributed by atoms with van der Waals surface area (Å²) >= 11 is 0. The van der Waals surface area contributed by atoms with Crippen LogP contribution in [0.25, 0.3) is 0 Å². The number of carbonyl (C=O) groups is 1. The molecule has 0 radical (unpaired) electrons. The average molecular weight is 373 g/mol. The molecule has 27 heavy (non-hydrogen) atoms. The smallest absolute Gasteiger partial charge is 0.244 e. The number of likely N-dealkylation sites (tertiary alicyclic amines) is 1. The Morgan fingerprint density at radius 3 is 2.96 bits per heavy atom. The lowest BCUT2D eigenvalue weighted by Gasteiger charge is -2.39. The normalized spacial score (nSPS) is 25.1. The fraction of sp³-hybridized carbons (Fsp3) is 0.500. The highest BCUT2D eigenvalue weighted by Crippen LogP contribution is 2.36. The molecule has 0 N–H and O–H groups in total. The number of aromatic nitrogens is 2. The maximum absolute atomic E-state index is 13.0. The van der Waals surface area contributed by atoms with Crippen molar-refractivity contribution in [2.45, 2.75) is 44.4 Å². The third-order valence-electron chi connectivity index (χ3n) is 5.24. The maximum Gasteiger partial charge on any atom is 0.244 e. The van der Waals surface area contributed by atoms with Crippen LogP contribution < -0.4 is 4.74 Å². The van der Waals surface area contributed by atoms with Crippen LogP contribution in [0.3, 0.4) is 0 Å². The summed E-state index contributed by atoms with van der Waals surface area (Å²) in [5.41, 5.74) is 0.691. The van der Waals surface area contributed by atoms with Gasteiger partial charge in [-0.05, 0) is 49.6 Å². The predicted molar refractivity (Wildman–Crippen MR) is 96.9 cm³/mol. The Hall–Kier alpha value is -2.41. The molecule has 2 aromatic rings. The molecule has 3 heterocycles. The molecule has 1 spiro atoms. The van der Waals surface area contributed by atoms with Gasteiger partial charge in [0.1, 0.15) is 24.2 Å². The van der Waals surface area contributed by atoms with Gasteiger partial charge in [-0.2, -0.15) is 5.10 Å². The largest absolute Gasteiger partial charge is 0.488 e. The van der Waals surface area contributed by atoms with Gasteiger partial charge in [0.25, 0.3) is 0 Å². The highest BCUT2D eigenvalue weighted by Gasteiger charge is 2.45. The number of halogens is 1. The highest BCUT2D eigenvalue weighted by atomic mass is 19.1. The third kappa shape index (κ3) is 4.13. The Morgan fingerprint density at radius 2 is 2.22 bits per heavy atom. The molecule has 2 atom stereocenters. The molecule has 6 nitrogen and oxygen atoms in total.